The van der Waals surface area contributed by atoms with E-state index in [2.05, 4.69) is 28.6 Å². The highest BCUT2D eigenvalue weighted by atomic mass is 16.7. The number of aromatic nitrogens is 2. The summed E-state index contributed by atoms with van der Waals surface area (Å²) in [5.74, 6) is 0.499. The normalized spacial score (nSPS) is 12.2. The average Bonchev–Trinajstić information content (AvgIpc) is 2.88. The lowest BCUT2D eigenvalue weighted by Gasteiger charge is -2.13. The number of benzene rings is 1. The molecule has 0 atom stereocenters. The minimum absolute atomic E-state index is 0.0609. The van der Waals surface area contributed by atoms with Crippen molar-refractivity contribution in [3.8, 4) is 11.1 Å². The second kappa shape index (κ2) is 11.8. The van der Waals surface area contributed by atoms with Crippen LogP contribution >= 0.6 is 0 Å². The maximum atomic E-state index is 13.3. The Bertz CT molecular complexity index is 1440. The van der Waals surface area contributed by atoms with Crippen molar-refractivity contribution in [3.63, 3.8) is 0 Å². The molecule has 3 N–H and O–H groups in total. The summed E-state index contributed by atoms with van der Waals surface area (Å²) in [5, 5.41) is 0.897. The number of hydrogen-bond acceptors (Lipinski definition) is 4. The van der Waals surface area contributed by atoms with Gasteiger partial charge in [-0.2, -0.15) is 5.48 Å². The molecule has 0 spiro atoms. The third-order valence-corrected chi connectivity index (χ3v) is 5.85. The quantitative estimate of drug-likeness (QED) is 0.137. The third kappa shape index (κ3) is 5.99. The number of nitrogens with one attached hydrogen (secondary N) is 1. The maximum Gasteiger partial charge on any atom is 0.258 e. The van der Waals surface area contributed by atoms with Crippen LogP contribution in [0.2, 0.25) is 0 Å². The molecule has 36 heavy (non-hydrogen) atoms. The van der Waals surface area contributed by atoms with E-state index in [0.29, 0.717) is 17.0 Å². The number of hydroxylamine groups is 1. The topological polar surface area (TPSA) is 94.5 Å². The predicted octanol–water partition coefficient (Wildman–Crippen LogP) is 5.53. The highest BCUT2D eigenvalue weighted by Crippen LogP contribution is 2.28. The number of rotatable bonds is 9. The zero-order chi connectivity index (χ0) is 26.2. The molecule has 0 unspecified atom stereocenters. The van der Waals surface area contributed by atoms with Gasteiger partial charge in [-0.1, -0.05) is 57.4 Å². The van der Waals surface area contributed by atoms with Gasteiger partial charge in [0.05, 0.1) is 11.2 Å². The number of hydrogen-bond donors (Lipinski definition) is 2. The zero-order valence-corrected chi connectivity index (χ0v) is 21.3. The molecule has 3 rings (SSSR count). The SMILES string of the molecule is C=C/C=C\C=C(/CC)C(=C)ONC(N)=Nc1ccc(C)c(-c2cc3cnc(CC)cc3n(C)c2=O)c1. The molecule has 0 fully saturated rings. The van der Waals surface area contributed by atoms with Crippen molar-refractivity contribution in [2.24, 2.45) is 17.8 Å². The van der Waals surface area contributed by atoms with Crippen LogP contribution in [0.1, 0.15) is 31.5 Å². The molecular formula is C29H33N5O2. The van der Waals surface area contributed by atoms with E-state index in [1.165, 1.54) is 0 Å². The van der Waals surface area contributed by atoms with Crippen LogP contribution in [0.5, 0.6) is 0 Å². The van der Waals surface area contributed by atoms with Gasteiger partial charge in [-0.15, -0.1) is 0 Å². The molecular weight excluding hydrogens is 450 g/mol. The van der Waals surface area contributed by atoms with Gasteiger partial charge >= 0.3 is 0 Å². The summed E-state index contributed by atoms with van der Waals surface area (Å²) in [6, 6.07) is 9.43. The molecule has 0 radical (unpaired) electrons. The van der Waals surface area contributed by atoms with Crippen LogP contribution in [0.25, 0.3) is 22.0 Å². The van der Waals surface area contributed by atoms with Gasteiger partial charge in [-0.05, 0) is 60.7 Å². The van der Waals surface area contributed by atoms with E-state index < -0.39 is 0 Å². The first-order valence-corrected chi connectivity index (χ1v) is 11.8. The van der Waals surface area contributed by atoms with Crippen molar-refractivity contribution < 1.29 is 4.84 Å². The lowest BCUT2D eigenvalue weighted by atomic mass is 9.99. The molecule has 3 aromatic rings. The lowest BCUT2D eigenvalue weighted by molar-refractivity contribution is 0.165. The summed E-state index contributed by atoms with van der Waals surface area (Å²) in [5.41, 5.74) is 14.2. The third-order valence-electron chi connectivity index (χ3n) is 5.85. The lowest BCUT2D eigenvalue weighted by Crippen LogP contribution is -2.31. The first-order valence-electron chi connectivity index (χ1n) is 11.8. The van der Waals surface area contributed by atoms with Crippen molar-refractivity contribution in [1.82, 2.24) is 15.0 Å². The summed E-state index contributed by atoms with van der Waals surface area (Å²) < 4.78 is 1.67. The highest BCUT2D eigenvalue weighted by Gasteiger charge is 2.13. The summed E-state index contributed by atoms with van der Waals surface area (Å²) in [7, 11) is 1.78. The number of pyridine rings is 2. The Hall–Kier alpha value is -4.39. The summed E-state index contributed by atoms with van der Waals surface area (Å²) >= 11 is 0. The fourth-order valence-electron chi connectivity index (χ4n) is 3.76. The molecule has 0 aliphatic carbocycles. The Kier molecular flexibility index (Phi) is 8.62. The van der Waals surface area contributed by atoms with Crippen LogP contribution in [0.4, 0.5) is 5.69 Å². The first kappa shape index (κ1) is 26.2. The average molecular weight is 484 g/mol. The Labute approximate surface area is 212 Å². The number of aliphatic imine (C=N–C) groups is 1. The van der Waals surface area contributed by atoms with Crippen LogP contribution in [-0.4, -0.2) is 15.5 Å². The van der Waals surface area contributed by atoms with Crippen LogP contribution in [0.15, 0.2) is 95.1 Å². The van der Waals surface area contributed by atoms with E-state index in [9.17, 15) is 4.79 Å². The standard InChI is InChI=1S/C29H33N5O2/c1-7-10-11-12-21(8-2)20(5)36-33-29(30)32-24-14-13-19(4)25(16-24)26-15-22-18-31-23(9-3)17-27(22)34(6)28(26)35/h7,10-18H,1,5,8-9H2,2-4,6H3,(H3,30,32,33)/b11-10-,21-12+. The van der Waals surface area contributed by atoms with Gasteiger partial charge in [0.15, 0.2) is 5.76 Å². The minimum Gasteiger partial charge on any atom is -0.380 e. The molecule has 0 aliphatic rings. The smallest absolute Gasteiger partial charge is 0.258 e. The summed E-state index contributed by atoms with van der Waals surface area (Å²) in [6.45, 7) is 13.6. The Morgan fingerprint density at radius 3 is 2.69 bits per heavy atom. The van der Waals surface area contributed by atoms with Gasteiger partial charge in [0.2, 0.25) is 5.96 Å². The fraction of sp³-hybridized carbons (Fsp3) is 0.207. The van der Waals surface area contributed by atoms with Crippen LogP contribution in [0, 0.1) is 6.92 Å². The molecule has 7 nitrogen and oxygen atoms in total. The second-order valence-electron chi connectivity index (χ2n) is 8.30. The molecule has 0 aliphatic heterocycles. The molecule has 1 aromatic carbocycles. The minimum atomic E-state index is -0.0879. The summed E-state index contributed by atoms with van der Waals surface area (Å²) in [4.78, 5) is 27.7. The highest BCUT2D eigenvalue weighted by molar-refractivity contribution is 5.86. The van der Waals surface area contributed by atoms with E-state index in [4.69, 9.17) is 10.6 Å². The second-order valence-corrected chi connectivity index (χ2v) is 8.30. The molecule has 7 heteroatoms. The van der Waals surface area contributed by atoms with Gasteiger partial charge in [-0.25, -0.2) is 4.99 Å². The Morgan fingerprint density at radius 1 is 1.22 bits per heavy atom. The van der Waals surface area contributed by atoms with Gasteiger partial charge in [0.25, 0.3) is 5.56 Å². The van der Waals surface area contributed by atoms with Gasteiger partial charge < -0.3 is 15.1 Å². The largest absolute Gasteiger partial charge is 0.380 e. The number of fused-ring (bicyclic) bond motifs is 1. The number of nitrogens with zero attached hydrogens (tertiary/aromatic N) is 3. The number of guanidine groups is 1. The number of aryl methyl sites for hydroxylation is 3. The van der Waals surface area contributed by atoms with E-state index in [0.717, 1.165) is 46.1 Å². The van der Waals surface area contributed by atoms with E-state index in [1.807, 2.05) is 75.5 Å². The van der Waals surface area contributed by atoms with Gasteiger partial charge in [0.1, 0.15) is 0 Å². The van der Waals surface area contributed by atoms with E-state index in [1.54, 1.807) is 17.7 Å². The number of allylic oxidation sites excluding steroid dienone is 5. The molecule has 2 heterocycles. The fourth-order valence-corrected chi connectivity index (χ4v) is 3.76. The first-order chi connectivity index (χ1) is 17.3. The van der Waals surface area contributed by atoms with Crippen LogP contribution < -0.4 is 16.8 Å². The molecule has 0 amide bonds. The maximum absolute atomic E-state index is 13.3. The van der Waals surface area contributed by atoms with E-state index >= 15 is 0 Å². The Morgan fingerprint density at radius 2 is 2.00 bits per heavy atom. The molecule has 2 aromatic heterocycles. The van der Waals surface area contributed by atoms with Crippen molar-refractivity contribution in [2.75, 3.05) is 0 Å². The van der Waals surface area contributed by atoms with Crippen molar-refractivity contribution >= 4 is 22.5 Å². The number of nitrogens with two attached hydrogens (primary N) is 1. The van der Waals surface area contributed by atoms with Crippen molar-refractivity contribution in [2.45, 2.75) is 33.6 Å². The van der Waals surface area contributed by atoms with Crippen LogP contribution in [-0.2, 0) is 18.3 Å². The molecule has 186 valence electrons. The Balaban J connectivity index is 1.89. The molecule has 0 bridgehead atoms. The predicted molar refractivity (Wildman–Crippen MR) is 149 cm³/mol. The van der Waals surface area contributed by atoms with Crippen molar-refractivity contribution in [3.05, 3.63) is 107 Å². The van der Waals surface area contributed by atoms with Gasteiger partial charge in [0, 0.05) is 29.9 Å². The summed E-state index contributed by atoms with van der Waals surface area (Å²) in [6.07, 6.45) is 10.6. The molecule has 0 saturated heterocycles. The molecule has 0 saturated carbocycles. The van der Waals surface area contributed by atoms with Crippen molar-refractivity contribution in [1.29, 1.82) is 0 Å². The van der Waals surface area contributed by atoms with Crippen LogP contribution in [0.3, 0.4) is 0 Å². The monoisotopic (exact) mass is 483 g/mol. The van der Waals surface area contributed by atoms with Gasteiger partial charge in [-0.3, -0.25) is 9.78 Å². The zero-order valence-electron chi connectivity index (χ0n) is 21.3. The van der Waals surface area contributed by atoms with E-state index in [-0.39, 0.29) is 11.5 Å².